The summed E-state index contributed by atoms with van der Waals surface area (Å²) in [7, 11) is 0. The Morgan fingerprint density at radius 1 is 0.957 bits per heavy atom. The number of hydrogen-bond acceptors (Lipinski definition) is 6. The monoisotopic (exact) mass is 330 g/mol. The molecule has 0 radical (unpaired) electrons. The summed E-state index contributed by atoms with van der Waals surface area (Å²) in [6.07, 6.45) is 1.86. The van der Waals surface area contributed by atoms with E-state index in [1.54, 1.807) is 20.8 Å². The highest BCUT2D eigenvalue weighted by molar-refractivity contribution is 5.61. The summed E-state index contributed by atoms with van der Waals surface area (Å²) in [6.45, 7) is 9.91. The average Bonchev–Trinajstić information content (AvgIpc) is 2.38. The second-order valence-corrected chi connectivity index (χ2v) is 7.38. The van der Waals surface area contributed by atoms with E-state index in [1.165, 1.54) is 0 Å². The highest BCUT2D eigenvalue weighted by atomic mass is 16.7. The summed E-state index contributed by atoms with van der Waals surface area (Å²) >= 11 is 0. The second-order valence-electron chi connectivity index (χ2n) is 7.38. The third kappa shape index (κ3) is 9.31. The SMILES string of the molecule is CC(C)CCOC(=O)OC1CCC(OC(=O)OC(C)(C)C)CC1. The number of carbonyl (C=O) groups is 2. The summed E-state index contributed by atoms with van der Waals surface area (Å²) in [5.41, 5.74) is -0.558. The zero-order valence-corrected chi connectivity index (χ0v) is 14.9. The van der Waals surface area contributed by atoms with Gasteiger partial charge in [0, 0.05) is 0 Å². The normalized spacial score (nSPS) is 21.7. The molecule has 0 amide bonds. The van der Waals surface area contributed by atoms with Crippen LogP contribution in [0.4, 0.5) is 9.59 Å². The van der Waals surface area contributed by atoms with E-state index >= 15 is 0 Å². The van der Waals surface area contributed by atoms with Crippen LogP contribution in [0, 0.1) is 5.92 Å². The van der Waals surface area contributed by atoms with Gasteiger partial charge in [0.2, 0.25) is 0 Å². The number of hydrogen-bond donors (Lipinski definition) is 0. The molecule has 0 N–H and O–H groups in total. The van der Waals surface area contributed by atoms with Crippen LogP contribution in [0.15, 0.2) is 0 Å². The van der Waals surface area contributed by atoms with Gasteiger partial charge in [-0.1, -0.05) is 13.8 Å². The standard InChI is InChI=1S/C17H30O6/c1-12(2)10-11-20-15(18)21-13-6-8-14(9-7-13)22-16(19)23-17(3,4)5/h12-14H,6-11H2,1-5H3. The minimum Gasteiger partial charge on any atom is -0.434 e. The Labute approximate surface area is 138 Å². The molecule has 0 aromatic heterocycles. The smallest absolute Gasteiger partial charge is 0.434 e. The third-order valence-corrected chi connectivity index (χ3v) is 3.45. The maximum absolute atomic E-state index is 11.6. The van der Waals surface area contributed by atoms with Gasteiger partial charge in [-0.3, -0.25) is 0 Å². The first kappa shape index (κ1) is 19.6. The zero-order chi connectivity index (χ0) is 17.5. The van der Waals surface area contributed by atoms with Gasteiger partial charge in [0.15, 0.2) is 0 Å². The van der Waals surface area contributed by atoms with Gasteiger partial charge in [0.25, 0.3) is 0 Å². The van der Waals surface area contributed by atoms with E-state index < -0.39 is 17.9 Å². The summed E-state index contributed by atoms with van der Waals surface area (Å²) < 4.78 is 20.7. The van der Waals surface area contributed by atoms with Crippen molar-refractivity contribution in [2.24, 2.45) is 5.92 Å². The fraction of sp³-hybridized carbons (Fsp3) is 0.882. The molecule has 0 saturated heterocycles. The first-order valence-electron chi connectivity index (χ1n) is 8.38. The number of carbonyl (C=O) groups excluding carboxylic acids is 2. The van der Waals surface area contributed by atoms with Crippen LogP contribution in [0.1, 0.15) is 66.7 Å². The Balaban J connectivity index is 2.20. The topological polar surface area (TPSA) is 71.1 Å². The summed E-state index contributed by atoms with van der Waals surface area (Å²) in [5.74, 6) is 0.489. The molecule has 23 heavy (non-hydrogen) atoms. The summed E-state index contributed by atoms with van der Waals surface area (Å²) in [4.78, 5) is 23.2. The Kier molecular flexibility index (Phi) is 7.65. The average molecular weight is 330 g/mol. The van der Waals surface area contributed by atoms with Gasteiger partial charge >= 0.3 is 12.3 Å². The van der Waals surface area contributed by atoms with Gasteiger partial charge in [0.05, 0.1) is 6.61 Å². The molecule has 1 aliphatic carbocycles. The van der Waals surface area contributed by atoms with Crippen molar-refractivity contribution in [2.45, 2.75) is 84.5 Å². The molecule has 1 aliphatic rings. The summed E-state index contributed by atoms with van der Waals surface area (Å²) in [5, 5.41) is 0. The molecule has 0 atom stereocenters. The van der Waals surface area contributed by atoms with E-state index in [2.05, 4.69) is 13.8 Å². The Hall–Kier alpha value is -1.46. The molecule has 0 spiro atoms. The second kappa shape index (κ2) is 8.99. The zero-order valence-electron chi connectivity index (χ0n) is 14.9. The van der Waals surface area contributed by atoms with Crippen molar-refractivity contribution in [1.82, 2.24) is 0 Å². The Morgan fingerprint density at radius 3 is 1.87 bits per heavy atom. The lowest BCUT2D eigenvalue weighted by atomic mass is 9.95. The molecule has 0 heterocycles. The molecule has 0 aromatic rings. The number of rotatable bonds is 5. The minimum atomic E-state index is -0.644. The molecule has 134 valence electrons. The molecule has 1 rings (SSSR count). The predicted octanol–water partition coefficient (Wildman–Crippen LogP) is 4.45. The van der Waals surface area contributed by atoms with Crippen LogP contribution < -0.4 is 0 Å². The van der Waals surface area contributed by atoms with E-state index in [0.29, 0.717) is 38.2 Å². The minimum absolute atomic E-state index is 0.167. The van der Waals surface area contributed by atoms with Crippen LogP contribution in [-0.4, -0.2) is 36.7 Å². The van der Waals surface area contributed by atoms with Crippen molar-refractivity contribution in [2.75, 3.05) is 6.61 Å². The van der Waals surface area contributed by atoms with Crippen LogP contribution in [0.2, 0.25) is 0 Å². The van der Waals surface area contributed by atoms with Crippen molar-refractivity contribution in [3.63, 3.8) is 0 Å². The molecule has 1 fully saturated rings. The van der Waals surface area contributed by atoms with Crippen molar-refractivity contribution in [1.29, 1.82) is 0 Å². The lowest BCUT2D eigenvalue weighted by Crippen LogP contribution is -2.32. The molecule has 6 nitrogen and oxygen atoms in total. The maximum atomic E-state index is 11.6. The van der Waals surface area contributed by atoms with Crippen LogP contribution >= 0.6 is 0 Å². The first-order chi connectivity index (χ1) is 10.7. The molecular weight excluding hydrogens is 300 g/mol. The first-order valence-corrected chi connectivity index (χ1v) is 8.38. The Bertz CT molecular complexity index is 377. The molecule has 0 aliphatic heterocycles. The van der Waals surface area contributed by atoms with Crippen LogP contribution in [-0.2, 0) is 18.9 Å². The quantitative estimate of drug-likeness (QED) is 0.694. The number of ether oxygens (including phenoxy) is 4. The van der Waals surface area contributed by atoms with Gasteiger partial charge < -0.3 is 18.9 Å². The Morgan fingerprint density at radius 2 is 1.43 bits per heavy atom. The van der Waals surface area contributed by atoms with Crippen molar-refractivity contribution in [3.8, 4) is 0 Å². The van der Waals surface area contributed by atoms with Crippen LogP contribution in [0.25, 0.3) is 0 Å². The lowest BCUT2D eigenvalue weighted by molar-refractivity contribution is -0.0495. The molecule has 6 heteroatoms. The van der Waals surface area contributed by atoms with Gasteiger partial charge in [-0.15, -0.1) is 0 Å². The van der Waals surface area contributed by atoms with Gasteiger partial charge in [-0.05, 0) is 58.8 Å². The largest absolute Gasteiger partial charge is 0.509 e. The van der Waals surface area contributed by atoms with E-state index in [4.69, 9.17) is 18.9 Å². The van der Waals surface area contributed by atoms with E-state index in [0.717, 1.165) is 6.42 Å². The van der Waals surface area contributed by atoms with E-state index in [1.807, 2.05) is 0 Å². The molecule has 0 bridgehead atoms. The fourth-order valence-corrected chi connectivity index (χ4v) is 2.23. The lowest BCUT2D eigenvalue weighted by Gasteiger charge is -2.28. The van der Waals surface area contributed by atoms with Crippen LogP contribution in [0.5, 0.6) is 0 Å². The van der Waals surface area contributed by atoms with Crippen molar-refractivity contribution in [3.05, 3.63) is 0 Å². The van der Waals surface area contributed by atoms with Crippen molar-refractivity contribution < 1.29 is 28.5 Å². The van der Waals surface area contributed by atoms with Crippen molar-refractivity contribution >= 4 is 12.3 Å². The van der Waals surface area contributed by atoms with Crippen LogP contribution in [0.3, 0.4) is 0 Å². The summed E-state index contributed by atoms with van der Waals surface area (Å²) in [6, 6.07) is 0. The van der Waals surface area contributed by atoms with Gasteiger partial charge in [-0.25, -0.2) is 9.59 Å². The van der Waals surface area contributed by atoms with Gasteiger partial charge in [-0.2, -0.15) is 0 Å². The molecule has 0 unspecified atom stereocenters. The van der Waals surface area contributed by atoms with E-state index in [-0.39, 0.29) is 12.2 Å². The highest BCUT2D eigenvalue weighted by Crippen LogP contribution is 2.25. The molecular formula is C17H30O6. The highest BCUT2D eigenvalue weighted by Gasteiger charge is 2.28. The van der Waals surface area contributed by atoms with Gasteiger partial charge in [0.1, 0.15) is 17.8 Å². The molecule has 0 aromatic carbocycles. The fourth-order valence-electron chi connectivity index (χ4n) is 2.23. The third-order valence-electron chi connectivity index (χ3n) is 3.45. The molecule has 1 saturated carbocycles. The predicted molar refractivity (Wildman–Crippen MR) is 85.3 cm³/mol. The van der Waals surface area contributed by atoms with E-state index in [9.17, 15) is 9.59 Å². The maximum Gasteiger partial charge on any atom is 0.509 e.